The van der Waals surface area contributed by atoms with Crippen LogP contribution < -0.4 is 13.8 Å². The van der Waals surface area contributed by atoms with Gasteiger partial charge >= 0.3 is 0 Å². The van der Waals surface area contributed by atoms with Crippen LogP contribution in [0.1, 0.15) is 49.7 Å². The minimum absolute atomic E-state index is 0.249. The number of likely N-dealkylation sites (N-methyl/N-ethyl adjacent to an activating group) is 1. The SMILES string of the molecule is COc1ccc(CN(C)C(=O)CN(c2ccc(C34CC5CC(CC(C5)C3)C4)cc2)S(C)(=O)=O)cc1OC. The Balaban J connectivity index is 1.30. The number of methoxy groups -OCH3 is 2. The first-order chi connectivity index (χ1) is 17.6. The van der Waals surface area contributed by atoms with E-state index in [4.69, 9.17) is 9.47 Å². The van der Waals surface area contributed by atoms with E-state index in [1.807, 2.05) is 24.3 Å². The van der Waals surface area contributed by atoms with Crippen LogP contribution in [0, 0.1) is 17.8 Å². The van der Waals surface area contributed by atoms with E-state index in [0.717, 1.165) is 29.6 Å². The highest BCUT2D eigenvalue weighted by molar-refractivity contribution is 7.92. The van der Waals surface area contributed by atoms with E-state index in [0.29, 0.717) is 23.7 Å². The maximum atomic E-state index is 13.1. The van der Waals surface area contributed by atoms with Crippen LogP contribution in [0.2, 0.25) is 0 Å². The van der Waals surface area contributed by atoms with Gasteiger partial charge in [0.1, 0.15) is 6.54 Å². The van der Waals surface area contributed by atoms with E-state index in [-0.39, 0.29) is 17.9 Å². The normalized spacial score (nSPS) is 26.1. The van der Waals surface area contributed by atoms with E-state index < -0.39 is 10.0 Å². The van der Waals surface area contributed by atoms with Crippen molar-refractivity contribution in [2.45, 2.75) is 50.5 Å². The largest absolute Gasteiger partial charge is 0.493 e. The van der Waals surface area contributed by atoms with Crippen LogP contribution in [0.5, 0.6) is 11.5 Å². The van der Waals surface area contributed by atoms with Crippen molar-refractivity contribution in [2.75, 3.05) is 38.4 Å². The number of carbonyl (C=O) groups is 1. The number of hydrogen-bond donors (Lipinski definition) is 0. The number of benzene rings is 2. The Hall–Kier alpha value is -2.74. The molecule has 4 fully saturated rings. The molecule has 200 valence electrons. The summed E-state index contributed by atoms with van der Waals surface area (Å²) in [6.45, 7) is 0.0705. The van der Waals surface area contributed by atoms with E-state index in [1.165, 1.54) is 53.3 Å². The summed E-state index contributed by atoms with van der Waals surface area (Å²) in [5.41, 5.74) is 2.97. The molecule has 1 amide bonds. The van der Waals surface area contributed by atoms with Gasteiger partial charge in [0.2, 0.25) is 15.9 Å². The van der Waals surface area contributed by atoms with Gasteiger partial charge in [-0.05, 0) is 97.1 Å². The average molecular weight is 527 g/mol. The number of carbonyl (C=O) groups excluding carboxylic acids is 1. The van der Waals surface area contributed by atoms with Gasteiger partial charge in [-0.25, -0.2) is 8.42 Å². The van der Waals surface area contributed by atoms with Crippen molar-refractivity contribution in [1.29, 1.82) is 0 Å². The van der Waals surface area contributed by atoms with Gasteiger partial charge in [0.25, 0.3) is 0 Å². The van der Waals surface area contributed by atoms with Gasteiger partial charge in [0, 0.05) is 13.6 Å². The van der Waals surface area contributed by atoms with Crippen LogP contribution in [0.3, 0.4) is 0 Å². The van der Waals surface area contributed by atoms with Crippen LogP contribution in [-0.2, 0) is 26.8 Å². The zero-order chi connectivity index (χ0) is 26.4. The lowest BCUT2D eigenvalue weighted by atomic mass is 9.48. The number of ether oxygens (including phenoxy) is 2. The molecule has 4 bridgehead atoms. The fourth-order valence-electron chi connectivity index (χ4n) is 7.43. The van der Waals surface area contributed by atoms with Gasteiger partial charge in [-0.15, -0.1) is 0 Å². The summed E-state index contributed by atoms with van der Waals surface area (Å²) in [6, 6.07) is 13.5. The highest BCUT2D eigenvalue weighted by Gasteiger charge is 2.51. The van der Waals surface area contributed by atoms with Gasteiger partial charge in [0.15, 0.2) is 11.5 Å². The first-order valence-electron chi connectivity index (χ1n) is 13.1. The molecule has 0 unspecified atom stereocenters. The number of sulfonamides is 1. The molecule has 0 saturated heterocycles. The highest BCUT2D eigenvalue weighted by atomic mass is 32.2. The molecule has 0 radical (unpaired) electrons. The maximum absolute atomic E-state index is 13.1. The Morgan fingerprint density at radius 2 is 1.49 bits per heavy atom. The Bertz CT molecular complexity index is 1220. The monoisotopic (exact) mass is 526 g/mol. The Morgan fingerprint density at radius 3 is 2.00 bits per heavy atom. The van der Waals surface area contributed by atoms with Crippen molar-refractivity contribution >= 4 is 21.6 Å². The van der Waals surface area contributed by atoms with Crippen LogP contribution in [0.25, 0.3) is 0 Å². The van der Waals surface area contributed by atoms with E-state index >= 15 is 0 Å². The predicted molar refractivity (Wildman–Crippen MR) is 145 cm³/mol. The molecule has 4 aliphatic carbocycles. The average Bonchev–Trinajstić information content (AvgIpc) is 2.85. The molecular weight excluding hydrogens is 488 g/mol. The molecule has 0 aromatic heterocycles. The second-order valence-corrected chi connectivity index (χ2v) is 13.4. The summed E-state index contributed by atoms with van der Waals surface area (Å²) in [5.74, 6) is 3.44. The smallest absolute Gasteiger partial charge is 0.243 e. The molecule has 0 N–H and O–H groups in total. The summed E-state index contributed by atoms with van der Waals surface area (Å²) in [6.07, 6.45) is 9.09. The third-order valence-electron chi connectivity index (χ3n) is 8.78. The summed E-state index contributed by atoms with van der Waals surface area (Å²) in [5, 5.41) is 0. The number of rotatable bonds is 9. The fraction of sp³-hybridized carbons (Fsp3) is 0.552. The first-order valence-corrected chi connectivity index (χ1v) is 15.0. The topological polar surface area (TPSA) is 76.2 Å². The highest BCUT2D eigenvalue weighted by Crippen LogP contribution is 2.60. The first kappa shape index (κ1) is 25.9. The Labute approximate surface area is 220 Å². The zero-order valence-electron chi connectivity index (χ0n) is 22.3. The van der Waals surface area contributed by atoms with Crippen molar-refractivity contribution in [3.63, 3.8) is 0 Å². The van der Waals surface area contributed by atoms with Crippen molar-refractivity contribution in [3.8, 4) is 11.5 Å². The fourth-order valence-corrected chi connectivity index (χ4v) is 8.28. The molecule has 7 nitrogen and oxygen atoms in total. The van der Waals surface area contributed by atoms with Crippen LogP contribution in [0.15, 0.2) is 42.5 Å². The number of hydrogen-bond acceptors (Lipinski definition) is 5. The van der Waals surface area contributed by atoms with Crippen LogP contribution in [0.4, 0.5) is 5.69 Å². The molecule has 8 heteroatoms. The number of anilines is 1. The molecule has 2 aromatic rings. The van der Waals surface area contributed by atoms with Crippen molar-refractivity contribution < 1.29 is 22.7 Å². The molecular formula is C29H38N2O5S. The van der Waals surface area contributed by atoms with Crippen molar-refractivity contribution in [2.24, 2.45) is 17.8 Å². The molecule has 0 spiro atoms. The molecule has 4 saturated carbocycles. The zero-order valence-corrected chi connectivity index (χ0v) is 23.1. The van der Waals surface area contributed by atoms with E-state index in [9.17, 15) is 13.2 Å². The summed E-state index contributed by atoms with van der Waals surface area (Å²) < 4.78 is 37.3. The third kappa shape index (κ3) is 5.17. The van der Waals surface area contributed by atoms with Crippen LogP contribution in [-0.4, -0.2) is 53.3 Å². The molecule has 2 aromatic carbocycles. The minimum atomic E-state index is -3.65. The maximum Gasteiger partial charge on any atom is 0.243 e. The van der Waals surface area contributed by atoms with Crippen LogP contribution >= 0.6 is 0 Å². The van der Waals surface area contributed by atoms with Crippen molar-refractivity contribution in [1.82, 2.24) is 4.90 Å². The summed E-state index contributed by atoms with van der Waals surface area (Å²) in [7, 11) is 1.17. The lowest BCUT2D eigenvalue weighted by Gasteiger charge is -2.57. The van der Waals surface area contributed by atoms with Gasteiger partial charge in [0.05, 0.1) is 26.2 Å². The molecule has 0 atom stereocenters. The summed E-state index contributed by atoms with van der Waals surface area (Å²) in [4.78, 5) is 14.6. The van der Waals surface area contributed by atoms with Gasteiger partial charge in [-0.3, -0.25) is 9.10 Å². The number of nitrogens with zero attached hydrogens (tertiary/aromatic N) is 2. The molecule has 37 heavy (non-hydrogen) atoms. The van der Waals surface area contributed by atoms with Crippen molar-refractivity contribution in [3.05, 3.63) is 53.6 Å². The second kappa shape index (κ2) is 9.86. The minimum Gasteiger partial charge on any atom is -0.493 e. The molecule has 0 aliphatic heterocycles. The molecule has 4 aliphatic rings. The third-order valence-corrected chi connectivity index (χ3v) is 9.92. The lowest BCUT2D eigenvalue weighted by molar-refractivity contribution is -0.128. The lowest BCUT2D eigenvalue weighted by Crippen LogP contribution is -2.48. The Morgan fingerprint density at radius 1 is 0.919 bits per heavy atom. The quantitative estimate of drug-likeness (QED) is 0.478. The molecule has 6 rings (SSSR count). The van der Waals surface area contributed by atoms with E-state index in [2.05, 4.69) is 12.1 Å². The predicted octanol–water partition coefficient (Wildman–Crippen LogP) is 4.60. The standard InChI is InChI=1S/C29H38N2O5S/c1-30(18-20-5-10-26(35-2)27(14-20)36-3)28(32)19-31(37(4,33)34)25-8-6-24(7-9-25)29-15-21-11-22(16-29)13-23(12-21)17-29/h5-10,14,21-23H,11-13,15-19H2,1-4H3. The van der Waals surface area contributed by atoms with Gasteiger partial charge in [-0.1, -0.05) is 18.2 Å². The van der Waals surface area contributed by atoms with E-state index in [1.54, 1.807) is 27.3 Å². The van der Waals surface area contributed by atoms with Gasteiger partial charge in [-0.2, -0.15) is 0 Å². The molecule has 0 heterocycles. The van der Waals surface area contributed by atoms with Gasteiger partial charge < -0.3 is 14.4 Å². The Kier molecular flexibility index (Phi) is 6.90. The second-order valence-electron chi connectivity index (χ2n) is 11.5. The number of amides is 1. The summed E-state index contributed by atoms with van der Waals surface area (Å²) >= 11 is 0.